The molecular weight excluding hydrogens is 256 g/mol. The highest BCUT2D eigenvalue weighted by Crippen LogP contribution is 2.08. The van der Waals surface area contributed by atoms with Gasteiger partial charge >= 0.3 is 0 Å². The number of carbonyl (C=O) groups is 2. The highest BCUT2D eigenvalue weighted by molar-refractivity contribution is 5.94. The average molecular weight is 272 g/mol. The third-order valence-corrected chi connectivity index (χ3v) is 2.76. The zero-order valence-electron chi connectivity index (χ0n) is 11.2. The summed E-state index contributed by atoms with van der Waals surface area (Å²) in [4.78, 5) is 23.3. The van der Waals surface area contributed by atoms with Crippen LogP contribution in [0.15, 0.2) is 47.3 Å². The van der Waals surface area contributed by atoms with E-state index in [1.54, 1.807) is 6.07 Å². The van der Waals surface area contributed by atoms with E-state index in [1.807, 2.05) is 31.2 Å². The maximum absolute atomic E-state index is 11.7. The first-order valence-electron chi connectivity index (χ1n) is 6.32. The van der Waals surface area contributed by atoms with Crippen molar-refractivity contribution in [2.45, 2.75) is 13.3 Å². The summed E-state index contributed by atoms with van der Waals surface area (Å²) >= 11 is 0. The van der Waals surface area contributed by atoms with Crippen LogP contribution in [0.1, 0.15) is 22.3 Å². The molecule has 2 amide bonds. The molecule has 0 spiro atoms. The molecule has 0 radical (unpaired) electrons. The molecule has 5 nitrogen and oxygen atoms in total. The summed E-state index contributed by atoms with van der Waals surface area (Å²) in [6, 6.07) is 9.11. The molecule has 0 aliphatic carbocycles. The monoisotopic (exact) mass is 272 g/mol. The van der Waals surface area contributed by atoms with Gasteiger partial charge in [0, 0.05) is 18.7 Å². The Kier molecular flexibility index (Phi) is 4.55. The lowest BCUT2D eigenvalue weighted by Gasteiger charge is -2.06. The largest absolute Gasteiger partial charge is 0.472 e. The Morgan fingerprint density at radius 3 is 2.55 bits per heavy atom. The highest BCUT2D eigenvalue weighted by Gasteiger charge is 2.07. The number of rotatable bonds is 5. The van der Waals surface area contributed by atoms with Crippen LogP contribution in [0.2, 0.25) is 0 Å². The summed E-state index contributed by atoms with van der Waals surface area (Å²) in [6.07, 6.45) is 3.01. The zero-order chi connectivity index (χ0) is 14.4. The lowest BCUT2D eigenvalue weighted by atomic mass is 10.2. The number of benzene rings is 1. The van der Waals surface area contributed by atoms with E-state index in [9.17, 15) is 9.59 Å². The van der Waals surface area contributed by atoms with Gasteiger partial charge in [-0.1, -0.05) is 17.7 Å². The number of hydrogen-bond donors (Lipinski definition) is 2. The molecule has 2 N–H and O–H groups in total. The van der Waals surface area contributed by atoms with Crippen molar-refractivity contribution in [1.29, 1.82) is 0 Å². The molecule has 5 heteroatoms. The average Bonchev–Trinajstić information content (AvgIpc) is 2.95. The van der Waals surface area contributed by atoms with Gasteiger partial charge in [-0.2, -0.15) is 0 Å². The van der Waals surface area contributed by atoms with Crippen LogP contribution in [0.4, 0.5) is 5.69 Å². The van der Waals surface area contributed by atoms with E-state index in [1.165, 1.54) is 12.5 Å². The summed E-state index contributed by atoms with van der Waals surface area (Å²) in [5, 5.41) is 5.42. The van der Waals surface area contributed by atoms with Crippen molar-refractivity contribution < 1.29 is 14.0 Å². The molecule has 0 saturated carbocycles. The normalized spacial score (nSPS) is 10.1. The van der Waals surface area contributed by atoms with Crippen LogP contribution >= 0.6 is 0 Å². The van der Waals surface area contributed by atoms with Crippen LogP contribution in [0.5, 0.6) is 0 Å². The fraction of sp³-hybridized carbons (Fsp3) is 0.200. The van der Waals surface area contributed by atoms with E-state index in [0.717, 1.165) is 11.3 Å². The van der Waals surface area contributed by atoms with Crippen molar-refractivity contribution in [3.05, 3.63) is 54.0 Å². The highest BCUT2D eigenvalue weighted by atomic mass is 16.3. The fourth-order valence-electron chi connectivity index (χ4n) is 1.65. The molecule has 1 aromatic heterocycles. The van der Waals surface area contributed by atoms with Crippen molar-refractivity contribution in [2.75, 3.05) is 11.9 Å². The zero-order valence-corrected chi connectivity index (χ0v) is 11.2. The Bertz CT molecular complexity index is 574. The van der Waals surface area contributed by atoms with Gasteiger partial charge < -0.3 is 15.1 Å². The molecule has 104 valence electrons. The lowest BCUT2D eigenvalue weighted by Crippen LogP contribution is -2.27. The summed E-state index contributed by atoms with van der Waals surface area (Å²) in [5.41, 5.74) is 2.33. The molecule has 0 unspecified atom stereocenters. The SMILES string of the molecule is Cc1ccc(NC(=O)CCNC(=O)c2ccoc2)cc1. The van der Waals surface area contributed by atoms with Gasteiger partial charge in [-0.15, -0.1) is 0 Å². The number of amides is 2. The Morgan fingerprint density at radius 2 is 1.90 bits per heavy atom. The number of anilines is 1. The molecule has 20 heavy (non-hydrogen) atoms. The second-order valence-corrected chi connectivity index (χ2v) is 4.43. The first kappa shape index (κ1) is 13.9. The van der Waals surface area contributed by atoms with Crippen LogP contribution in [0.25, 0.3) is 0 Å². The second kappa shape index (κ2) is 6.56. The van der Waals surface area contributed by atoms with Gasteiger partial charge in [0.2, 0.25) is 5.91 Å². The standard InChI is InChI=1S/C15H16N2O3/c1-11-2-4-13(5-3-11)17-14(18)6-8-16-15(19)12-7-9-20-10-12/h2-5,7,9-10H,6,8H2,1H3,(H,16,19)(H,17,18). The summed E-state index contributed by atoms with van der Waals surface area (Å²) in [7, 11) is 0. The Morgan fingerprint density at radius 1 is 1.15 bits per heavy atom. The molecule has 2 aromatic rings. The Hall–Kier alpha value is -2.56. The molecule has 0 aliphatic rings. The van der Waals surface area contributed by atoms with Gasteiger partial charge in [0.1, 0.15) is 6.26 Å². The fourth-order valence-corrected chi connectivity index (χ4v) is 1.65. The van der Waals surface area contributed by atoms with Crippen molar-refractivity contribution in [2.24, 2.45) is 0 Å². The van der Waals surface area contributed by atoms with Crippen molar-refractivity contribution in [3.63, 3.8) is 0 Å². The summed E-state index contributed by atoms with van der Waals surface area (Å²) in [6.45, 7) is 2.26. The maximum atomic E-state index is 11.7. The van der Waals surface area contributed by atoms with Gasteiger partial charge in [0.25, 0.3) is 5.91 Å². The Labute approximate surface area is 117 Å². The van der Waals surface area contributed by atoms with Crippen molar-refractivity contribution in [1.82, 2.24) is 5.32 Å². The minimum atomic E-state index is -0.248. The summed E-state index contributed by atoms with van der Waals surface area (Å²) < 4.78 is 4.81. The first-order valence-corrected chi connectivity index (χ1v) is 6.32. The van der Waals surface area contributed by atoms with Crippen molar-refractivity contribution >= 4 is 17.5 Å². The molecule has 2 rings (SSSR count). The smallest absolute Gasteiger partial charge is 0.254 e. The summed E-state index contributed by atoms with van der Waals surface area (Å²) in [5.74, 6) is -0.386. The van der Waals surface area contributed by atoms with Gasteiger partial charge in [-0.3, -0.25) is 9.59 Å². The molecule has 1 heterocycles. The number of aryl methyl sites for hydroxylation is 1. The predicted molar refractivity (Wildman–Crippen MR) is 75.5 cm³/mol. The third kappa shape index (κ3) is 3.98. The van der Waals surface area contributed by atoms with Gasteiger partial charge in [0.05, 0.1) is 11.8 Å². The molecule has 0 saturated heterocycles. The first-order chi connectivity index (χ1) is 9.65. The van der Waals surface area contributed by atoms with Crippen molar-refractivity contribution in [3.8, 4) is 0 Å². The number of nitrogens with one attached hydrogen (secondary N) is 2. The number of carbonyl (C=O) groups excluding carboxylic acids is 2. The minimum absolute atomic E-state index is 0.138. The molecule has 1 aromatic carbocycles. The Balaban J connectivity index is 1.73. The van der Waals surface area contributed by atoms with E-state index < -0.39 is 0 Å². The quantitative estimate of drug-likeness (QED) is 0.877. The van der Waals surface area contributed by atoms with E-state index >= 15 is 0 Å². The molecular formula is C15H16N2O3. The predicted octanol–water partition coefficient (Wildman–Crippen LogP) is 2.35. The molecule has 0 aliphatic heterocycles. The van der Waals surface area contributed by atoms with Crippen LogP contribution in [0, 0.1) is 6.92 Å². The van der Waals surface area contributed by atoms with Crippen LogP contribution in [0.3, 0.4) is 0 Å². The number of hydrogen-bond acceptors (Lipinski definition) is 3. The van der Waals surface area contributed by atoms with Gasteiger partial charge in [-0.25, -0.2) is 0 Å². The minimum Gasteiger partial charge on any atom is -0.472 e. The van der Waals surface area contributed by atoms with Gasteiger partial charge in [0.15, 0.2) is 0 Å². The molecule has 0 atom stereocenters. The van der Waals surface area contributed by atoms with E-state index in [0.29, 0.717) is 5.56 Å². The van der Waals surface area contributed by atoms with E-state index in [2.05, 4.69) is 10.6 Å². The maximum Gasteiger partial charge on any atom is 0.254 e. The third-order valence-electron chi connectivity index (χ3n) is 2.76. The topological polar surface area (TPSA) is 71.3 Å². The van der Waals surface area contributed by atoms with Crippen LogP contribution < -0.4 is 10.6 Å². The van der Waals surface area contributed by atoms with Gasteiger partial charge in [-0.05, 0) is 25.1 Å². The molecule has 0 bridgehead atoms. The van der Waals surface area contributed by atoms with Crippen LogP contribution in [-0.4, -0.2) is 18.4 Å². The van der Waals surface area contributed by atoms with E-state index in [-0.39, 0.29) is 24.8 Å². The second-order valence-electron chi connectivity index (χ2n) is 4.43. The lowest BCUT2D eigenvalue weighted by molar-refractivity contribution is -0.116. The molecule has 0 fully saturated rings. The number of furan rings is 1. The van der Waals surface area contributed by atoms with Crippen LogP contribution in [-0.2, 0) is 4.79 Å². The van der Waals surface area contributed by atoms with E-state index in [4.69, 9.17) is 4.42 Å².